The van der Waals surface area contributed by atoms with Gasteiger partial charge in [-0.3, -0.25) is 0 Å². The molecular formula is C15H22Cl2O3. The largest absolute Gasteiger partial charge is 0.493 e. The summed E-state index contributed by atoms with van der Waals surface area (Å²) in [6.07, 6.45) is 1.05. The Hall–Kier alpha value is -0.640. The minimum atomic E-state index is 0.320. The highest BCUT2D eigenvalue weighted by molar-refractivity contribution is 6.31. The molecule has 20 heavy (non-hydrogen) atoms. The number of halogens is 2. The molecule has 0 unspecified atom stereocenters. The van der Waals surface area contributed by atoms with E-state index in [0.717, 1.165) is 18.6 Å². The Bertz CT molecular complexity index is 383. The van der Waals surface area contributed by atoms with Crippen LogP contribution in [0.25, 0.3) is 0 Å². The molecule has 0 N–H and O–H groups in total. The van der Waals surface area contributed by atoms with Gasteiger partial charge in [-0.25, -0.2) is 0 Å². The predicted molar refractivity (Wildman–Crippen MR) is 83.3 cm³/mol. The number of hydrogen-bond donors (Lipinski definition) is 0. The van der Waals surface area contributed by atoms with Crippen molar-refractivity contribution < 1.29 is 14.2 Å². The van der Waals surface area contributed by atoms with E-state index in [0.29, 0.717) is 41.5 Å². The summed E-state index contributed by atoms with van der Waals surface area (Å²) in [6, 6.07) is 3.50. The standard InChI is InChI=1S/C15H22Cl2O3/c1-11(2)4-5-19-6-7-20-15-12(10-16)8-13(17)9-14(15)18-3/h8-9,11H,4-7,10H2,1-3H3. The molecule has 0 aliphatic rings. The zero-order valence-corrected chi connectivity index (χ0v) is 13.8. The van der Waals surface area contributed by atoms with Crippen LogP contribution in [0.2, 0.25) is 5.02 Å². The highest BCUT2D eigenvalue weighted by Gasteiger charge is 2.12. The molecule has 0 amide bonds. The van der Waals surface area contributed by atoms with Gasteiger partial charge in [0, 0.05) is 23.3 Å². The van der Waals surface area contributed by atoms with Gasteiger partial charge >= 0.3 is 0 Å². The van der Waals surface area contributed by atoms with Gasteiger partial charge in [-0.2, -0.15) is 0 Å². The Kier molecular flexibility index (Phi) is 8.12. The SMILES string of the molecule is COc1cc(Cl)cc(CCl)c1OCCOCCC(C)C. The lowest BCUT2D eigenvalue weighted by molar-refractivity contribution is 0.0914. The summed E-state index contributed by atoms with van der Waals surface area (Å²) < 4.78 is 16.5. The Balaban J connectivity index is 2.50. The topological polar surface area (TPSA) is 27.7 Å². The van der Waals surface area contributed by atoms with Crippen LogP contribution >= 0.6 is 23.2 Å². The number of benzene rings is 1. The van der Waals surface area contributed by atoms with Gasteiger partial charge in [0.2, 0.25) is 0 Å². The Morgan fingerprint density at radius 3 is 2.50 bits per heavy atom. The molecule has 0 radical (unpaired) electrons. The van der Waals surface area contributed by atoms with Crippen LogP contribution in [0.1, 0.15) is 25.8 Å². The second-order valence-corrected chi connectivity index (χ2v) is 5.58. The van der Waals surface area contributed by atoms with Crippen molar-refractivity contribution in [2.45, 2.75) is 26.1 Å². The van der Waals surface area contributed by atoms with Crippen molar-refractivity contribution in [2.75, 3.05) is 26.9 Å². The molecule has 0 atom stereocenters. The first-order valence-electron chi connectivity index (χ1n) is 6.71. The molecule has 114 valence electrons. The van der Waals surface area contributed by atoms with Crippen LogP contribution in [-0.4, -0.2) is 26.9 Å². The molecule has 1 aromatic carbocycles. The molecule has 0 aliphatic carbocycles. The first kappa shape index (κ1) is 17.4. The van der Waals surface area contributed by atoms with Crippen molar-refractivity contribution in [3.63, 3.8) is 0 Å². The van der Waals surface area contributed by atoms with Crippen LogP contribution in [0.4, 0.5) is 0 Å². The number of methoxy groups -OCH3 is 1. The van der Waals surface area contributed by atoms with Gasteiger partial charge in [0.1, 0.15) is 6.61 Å². The van der Waals surface area contributed by atoms with E-state index in [2.05, 4.69) is 13.8 Å². The summed E-state index contributed by atoms with van der Waals surface area (Å²) in [5.74, 6) is 2.20. The monoisotopic (exact) mass is 320 g/mol. The minimum Gasteiger partial charge on any atom is -0.493 e. The van der Waals surface area contributed by atoms with E-state index in [1.807, 2.05) is 0 Å². The van der Waals surface area contributed by atoms with Crippen molar-refractivity contribution in [1.29, 1.82) is 0 Å². The van der Waals surface area contributed by atoms with Crippen molar-refractivity contribution in [1.82, 2.24) is 0 Å². The zero-order chi connectivity index (χ0) is 15.0. The summed E-state index contributed by atoms with van der Waals surface area (Å²) in [6.45, 7) is 6.09. The van der Waals surface area contributed by atoms with Gasteiger partial charge in [0.25, 0.3) is 0 Å². The molecule has 0 aliphatic heterocycles. The third-order valence-corrected chi connectivity index (χ3v) is 3.28. The van der Waals surface area contributed by atoms with Crippen LogP contribution in [0.15, 0.2) is 12.1 Å². The second kappa shape index (κ2) is 9.32. The molecular weight excluding hydrogens is 299 g/mol. The average molecular weight is 321 g/mol. The smallest absolute Gasteiger partial charge is 0.165 e. The minimum absolute atomic E-state index is 0.320. The lowest BCUT2D eigenvalue weighted by Crippen LogP contribution is -2.10. The highest BCUT2D eigenvalue weighted by atomic mass is 35.5. The van der Waals surface area contributed by atoms with E-state index >= 15 is 0 Å². The fraction of sp³-hybridized carbons (Fsp3) is 0.600. The molecule has 1 aromatic rings. The summed E-state index contributed by atoms with van der Waals surface area (Å²) in [7, 11) is 1.58. The summed E-state index contributed by atoms with van der Waals surface area (Å²) in [4.78, 5) is 0. The van der Waals surface area contributed by atoms with Crippen LogP contribution in [0.5, 0.6) is 11.5 Å². The lowest BCUT2D eigenvalue weighted by atomic mass is 10.1. The molecule has 0 spiro atoms. The zero-order valence-electron chi connectivity index (χ0n) is 12.2. The maximum absolute atomic E-state index is 5.99. The molecule has 0 saturated heterocycles. The van der Waals surface area contributed by atoms with Gasteiger partial charge in [0.05, 0.1) is 19.6 Å². The van der Waals surface area contributed by atoms with Gasteiger partial charge in [-0.1, -0.05) is 25.4 Å². The van der Waals surface area contributed by atoms with Gasteiger partial charge in [-0.15, -0.1) is 11.6 Å². The fourth-order valence-corrected chi connectivity index (χ4v) is 2.09. The highest BCUT2D eigenvalue weighted by Crippen LogP contribution is 2.35. The van der Waals surface area contributed by atoms with E-state index in [1.165, 1.54) is 0 Å². The summed E-state index contributed by atoms with van der Waals surface area (Å²) in [5, 5.41) is 0.582. The lowest BCUT2D eigenvalue weighted by Gasteiger charge is -2.15. The number of rotatable bonds is 9. The average Bonchev–Trinajstić information content (AvgIpc) is 2.42. The normalized spacial score (nSPS) is 10.9. The van der Waals surface area contributed by atoms with Crippen molar-refractivity contribution >= 4 is 23.2 Å². The van der Waals surface area contributed by atoms with Crippen LogP contribution in [0.3, 0.4) is 0 Å². The number of ether oxygens (including phenoxy) is 3. The van der Waals surface area contributed by atoms with Crippen molar-refractivity contribution in [3.05, 3.63) is 22.7 Å². The van der Waals surface area contributed by atoms with Crippen LogP contribution in [-0.2, 0) is 10.6 Å². The van der Waals surface area contributed by atoms with Gasteiger partial charge in [0.15, 0.2) is 11.5 Å². The molecule has 0 aromatic heterocycles. The molecule has 5 heteroatoms. The molecule has 0 bridgehead atoms. The third kappa shape index (κ3) is 5.78. The molecule has 0 fully saturated rings. The molecule has 3 nitrogen and oxygen atoms in total. The van der Waals surface area contributed by atoms with E-state index in [9.17, 15) is 0 Å². The first-order chi connectivity index (χ1) is 9.58. The van der Waals surface area contributed by atoms with Crippen LogP contribution in [0, 0.1) is 5.92 Å². The number of hydrogen-bond acceptors (Lipinski definition) is 3. The van der Waals surface area contributed by atoms with E-state index < -0.39 is 0 Å². The molecule has 1 rings (SSSR count). The Labute approximate surface area is 131 Å². The maximum atomic E-state index is 5.99. The maximum Gasteiger partial charge on any atom is 0.165 e. The quantitative estimate of drug-likeness (QED) is 0.494. The second-order valence-electron chi connectivity index (χ2n) is 4.87. The van der Waals surface area contributed by atoms with Gasteiger partial charge in [-0.05, 0) is 18.4 Å². The Morgan fingerprint density at radius 2 is 1.90 bits per heavy atom. The Morgan fingerprint density at radius 1 is 1.15 bits per heavy atom. The van der Waals surface area contributed by atoms with E-state index in [1.54, 1.807) is 19.2 Å². The van der Waals surface area contributed by atoms with Crippen molar-refractivity contribution in [3.8, 4) is 11.5 Å². The molecule has 0 heterocycles. The summed E-state index contributed by atoms with van der Waals surface area (Å²) >= 11 is 11.9. The molecule has 0 saturated carbocycles. The van der Waals surface area contributed by atoms with E-state index in [-0.39, 0.29) is 0 Å². The van der Waals surface area contributed by atoms with E-state index in [4.69, 9.17) is 37.4 Å². The van der Waals surface area contributed by atoms with Gasteiger partial charge < -0.3 is 14.2 Å². The number of alkyl halides is 1. The van der Waals surface area contributed by atoms with Crippen molar-refractivity contribution in [2.24, 2.45) is 5.92 Å². The predicted octanol–water partition coefficient (Wildman–Crippen LogP) is 4.53. The third-order valence-electron chi connectivity index (χ3n) is 2.77. The van der Waals surface area contributed by atoms with Crippen LogP contribution < -0.4 is 9.47 Å². The summed E-state index contributed by atoms with van der Waals surface area (Å²) in [5.41, 5.74) is 0.818. The fourth-order valence-electron chi connectivity index (χ4n) is 1.66. The first-order valence-corrected chi connectivity index (χ1v) is 7.62.